The van der Waals surface area contributed by atoms with Crippen molar-refractivity contribution in [2.45, 2.75) is 63.8 Å². The standard InChI is InChI=1S/C22H31FN6O3/c1-13(2)25-22(32)26-16-7-17-11-28(9-15-5-6-24-8-18(15)23)12-19(21(31)29(17)10-16)27-20(30)14-3-4-14/h5-6,8,13-14,16-17,19H,3-4,7,9-12H2,1-2H3,(H,27,30)(H2,25,26,32)/t16-,17-,19-/m0/s1. The molecule has 0 bridgehead atoms. The zero-order valence-corrected chi connectivity index (χ0v) is 18.5. The summed E-state index contributed by atoms with van der Waals surface area (Å²) in [6, 6.07) is 0.384. The first-order chi connectivity index (χ1) is 15.3. The fraction of sp³-hybridized carbons (Fsp3) is 0.636. The molecular formula is C22H31FN6O3. The number of carbonyl (C=O) groups is 3. The number of nitrogens with one attached hydrogen (secondary N) is 3. The number of fused-ring (bicyclic) bond motifs is 1. The van der Waals surface area contributed by atoms with Gasteiger partial charge in [-0.1, -0.05) is 0 Å². The third-order valence-corrected chi connectivity index (χ3v) is 6.18. The molecule has 3 heterocycles. The highest BCUT2D eigenvalue weighted by Crippen LogP contribution is 2.30. The van der Waals surface area contributed by atoms with E-state index in [1.165, 1.54) is 6.20 Å². The average molecular weight is 447 g/mol. The summed E-state index contributed by atoms with van der Waals surface area (Å²) in [6.07, 6.45) is 5.03. The number of nitrogens with zero attached hydrogens (tertiary/aromatic N) is 3. The number of rotatable bonds is 6. The van der Waals surface area contributed by atoms with Crippen LogP contribution in [0.5, 0.6) is 0 Å². The molecule has 2 aliphatic heterocycles. The van der Waals surface area contributed by atoms with Gasteiger partial charge in [0.05, 0.1) is 12.2 Å². The van der Waals surface area contributed by atoms with Crippen molar-refractivity contribution in [3.63, 3.8) is 0 Å². The van der Waals surface area contributed by atoms with Gasteiger partial charge in [0.1, 0.15) is 11.9 Å². The Balaban J connectivity index is 1.49. The minimum absolute atomic E-state index is 0.0107. The number of hydrogen-bond donors (Lipinski definition) is 3. The largest absolute Gasteiger partial charge is 0.343 e. The SMILES string of the molecule is CC(C)NC(=O)N[C@H]1C[C@H]2CN(Cc3ccncc3F)C[C@H](NC(=O)C3CC3)C(=O)N2C1. The summed E-state index contributed by atoms with van der Waals surface area (Å²) >= 11 is 0. The zero-order valence-electron chi connectivity index (χ0n) is 18.5. The molecule has 3 N–H and O–H groups in total. The Bertz CT molecular complexity index is 877. The van der Waals surface area contributed by atoms with Crippen LogP contribution in [0.3, 0.4) is 0 Å². The van der Waals surface area contributed by atoms with Crippen LogP contribution in [0, 0.1) is 11.7 Å². The van der Waals surface area contributed by atoms with Gasteiger partial charge < -0.3 is 20.9 Å². The Morgan fingerprint density at radius 2 is 2.00 bits per heavy atom. The lowest BCUT2D eigenvalue weighted by Gasteiger charge is -2.25. The van der Waals surface area contributed by atoms with Crippen LogP contribution in [0.25, 0.3) is 0 Å². The normalized spacial score (nSPS) is 25.9. The zero-order chi connectivity index (χ0) is 22.8. The van der Waals surface area contributed by atoms with Crippen molar-refractivity contribution in [2.24, 2.45) is 5.92 Å². The van der Waals surface area contributed by atoms with Crippen LogP contribution in [0.2, 0.25) is 0 Å². The second-order valence-corrected chi connectivity index (χ2v) is 9.35. The van der Waals surface area contributed by atoms with Gasteiger partial charge in [-0.05, 0) is 39.2 Å². The van der Waals surface area contributed by atoms with E-state index in [4.69, 9.17) is 0 Å². The number of halogens is 1. The molecular weight excluding hydrogens is 415 g/mol. The molecule has 0 aromatic carbocycles. The predicted molar refractivity (Wildman–Crippen MR) is 115 cm³/mol. The molecule has 1 aromatic rings. The van der Waals surface area contributed by atoms with Crippen molar-refractivity contribution >= 4 is 17.8 Å². The maximum absolute atomic E-state index is 14.2. The smallest absolute Gasteiger partial charge is 0.315 e. The summed E-state index contributed by atoms with van der Waals surface area (Å²) in [5, 5.41) is 8.67. The molecule has 3 aliphatic rings. The van der Waals surface area contributed by atoms with Crippen molar-refractivity contribution in [1.29, 1.82) is 0 Å². The van der Waals surface area contributed by atoms with Crippen LogP contribution in [0.4, 0.5) is 9.18 Å². The van der Waals surface area contributed by atoms with Gasteiger partial charge in [0, 0.05) is 55.9 Å². The lowest BCUT2D eigenvalue weighted by molar-refractivity contribution is -0.136. The van der Waals surface area contributed by atoms with E-state index < -0.39 is 11.9 Å². The fourth-order valence-electron chi connectivity index (χ4n) is 4.51. The molecule has 1 aromatic heterocycles. The minimum atomic E-state index is -0.693. The Hall–Kier alpha value is -2.75. The fourth-order valence-corrected chi connectivity index (χ4v) is 4.51. The number of amides is 4. The van der Waals surface area contributed by atoms with E-state index in [9.17, 15) is 18.8 Å². The molecule has 3 atom stereocenters. The molecule has 9 nitrogen and oxygen atoms in total. The number of carbonyl (C=O) groups excluding carboxylic acids is 3. The van der Waals surface area contributed by atoms with Gasteiger partial charge in [-0.2, -0.15) is 0 Å². The Morgan fingerprint density at radius 1 is 1.22 bits per heavy atom. The lowest BCUT2D eigenvalue weighted by Crippen LogP contribution is -2.52. The van der Waals surface area contributed by atoms with Gasteiger partial charge in [0.25, 0.3) is 0 Å². The van der Waals surface area contributed by atoms with Crippen LogP contribution < -0.4 is 16.0 Å². The molecule has 2 saturated heterocycles. The Labute approximate surface area is 187 Å². The van der Waals surface area contributed by atoms with Crippen LogP contribution in [-0.4, -0.2) is 76.4 Å². The highest BCUT2D eigenvalue weighted by Gasteiger charge is 2.44. The van der Waals surface area contributed by atoms with Gasteiger partial charge in [0.15, 0.2) is 0 Å². The number of pyridine rings is 1. The molecule has 32 heavy (non-hydrogen) atoms. The third kappa shape index (κ3) is 5.35. The molecule has 1 aliphatic carbocycles. The van der Waals surface area contributed by atoms with Crippen LogP contribution in [0.15, 0.2) is 18.5 Å². The van der Waals surface area contributed by atoms with E-state index in [2.05, 4.69) is 20.9 Å². The summed E-state index contributed by atoms with van der Waals surface area (Å²) in [5.74, 6) is -0.646. The molecule has 10 heteroatoms. The van der Waals surface area contributed by atoms with E-state index in [0.29, 0.717) is 38.2 Å². The van der Waals surface area contributed by atoms with E-state index in [0.717, 1.165) is 12.8 Å². The van der Waals surface area contributed by atoms with E-state index in [1.54, 1.807) is 17.2 Å². The lowest BCUT2D eigenvalue weighted by atomic mass is 10.1. The van der Waals surface area contributed by atoms with Gasteiger partial charge in [0.2, 0.25) is 11.8 Å². The molecule has 0 spiro atoms. The Morgan fingerprint density at radius 3 is 2.69 bits per heavy atom. The maximum atomic E-state index is 14.2. The molecule has 4 rings (SSSR count). The van der Waals surface area contributed by atoms with Crippen molar-refractivity contribution in [2.75, 3.05) is 19.6 Å². The third-order valence-electron chi connectivity index (χ3n) is 6.18. The van der Waals surface area contributed by atoms with Crippen molar-refractivity contribution in [3.05, 3.63) is 29.8 Å². The van der Waals surface area contributed by atoms with Crippen LogP contribution >= 0.6 is 0 Å². The number of urea groups is 1. The topological polar surface area (TPSA) is 107 Å². The first-order valence-corrected chi connectivity index (χ1v) is 11.3. The van der Waals surface area contributed by atoms with Gasteiger partial charge >= 0.3 is 6.03 Å². The van der Waals surface area contributed by atoms with Crippen molar-refractivity contribution < 1.29 is 18.8 Å². The van der Waals surface area contributed by atoms with E-state index in [1.807, 2.05) is 18.7 Å². The monoisotopic (exact) mass is 446 g/mol. The van der Waals surface area contributed by atoms with Gasteiger partial charge in [-0.3, -0.25) is 19.5 Å². The molecule has 3 fully saturated rings. The number of aromatic nitrogens is 1. The summed E-state index contributed by atoms with van der Waals surface area (Å²) in [7, 11) is 0. The van der Waals surface area contributed by atoms with Crippen LogP contribution in [-0.2, 0) is 16.1 Å². The first kappa shape index (κ1) is 22.4. The summed E-state index contributed by atoms with van der Waals surface area (Å²) in [6.45, 7) is 5.32. The second-order valence-electron chi connectivity index (χ2n) is 9.35. The highest BCUT2D eigenvalue weighted by atomic mass is 19.1. The van der Waals surface area contributed by atoms with Crippen molar-refractivity contribution in [1.82, 2.24) is 30.7 Å². The summed E-state index contributed by atoms with van der Waals surface area (Å²) in [4.78, 5) is 45.5. The van der Waals surface area contributed by atoms with E-state index in [-0.39, 0.29) is 41.9 Å². The predicted octanol–water partition coefficient (Wildman–Crippen LogP) is 0.608. The molecule has 0 radical (unpaired) electrons. The number of hydrogen-bond acceptors (Lipinski definition) is 5. The second kappa shape index (κ2) is 9.40. The highest BCUT2D eigenvalue weighted by molar-refractivity contribution is 5.90. The first-order valence-electron chi connectivity index (χ1n) is 11.3. The maximum Gasteiger partial charge on any atom is 0.315 e. The summed E-state index contributed by atoms with van der Waals surface area (Å²) in [5.41, 5.74) is 0.497. The summed E-state index contributed by atoms with van der Waals surface area (Å²) < 4.78 is 14.2. The molecule has 0 unspecified atom stereocenters. The average Bonchev–Trinajstić information content (AvgIpc) is 3.51. The quantitative estimate of drug-likeness (QED) is 0.594. The minimum Gasteiger partial charge on any atom is -0.343 e. The molecule has 4 amide bonds. The van der Waals surface area contributed by atoms with Crippen LogP contribution in [0.1, 0.15) is 38.7 Å². The van der Waals surface area contributed by atoms with Crippen molar-refractivity contribution in [3.8, 4) is 0 Å². The van der Waals surface area contributed by atoms with Gasteiger partial charge in [-0.25, -0.2) is 9.18 Å². The molecule has 1 saturated carbocycles. The molecule has 174 valence electrons. The Kier molecular flexibility index (Phi) is 6.59. The van der Waals surface area contributed by atoms with E-state index >= 15 is 0 Å². The van der Waals surface area contributed by atoms with Gasteiger partial charge in [-0.15, -0.1) is 0 Å².